The molecule has 0 fully saturated rings. The molecule has 0 radical (unpaired) electrons. The fourth-order valence-electron chi connectivity index (χ4n) is 2.38. The second kappa shape index (κ2) is 4.14. The number of hydrogen-bond acceptors (Lipinski definition) is 1. The van der Waals surface area contributed by atoms with E-state index in [0.29, 0.717) is 6.42 Å². The number of nitrogens with one attached hydrogen (secondary N) is 1. The van der Waals surface area contributed by atoms with E-state index >= 15 is 0 Å². The SMILES string of the molecule is Cc1cccc(Cl)c1-c1ccc2c(c1)CC(=O)N2. The van der Waals surface area contributed by atoms with Crippen LogP contribution in [0.2, 0.25) is 5.02 Å². The Labute approximate surface area is 111 Å². The van der Waals surface area contributed by atoms with Crippen LogP contribution in [0, 0.1) is 6.92 Å². The second-order valence-corrected chi connectivity index (χ2v) is 4.94. The number of aryl methyl sites for hydroxylation is 1. The third kappa shape index (κ3) is 1.79. The van der Waals surface area contributed by atoms with Gasteiger partial charge in [-0.2, -0.15) is 0 Å². The van der Waals surface area contributed by atoms with Crippen molar-refractivity contribution in [3.63, 3.8) is 0 Å². The number of fused-ring (bicyclic) bond motifs is 1. The number of rotatable bonds is 1. The summed E-state index contributed by atoms with van der Waals surface area (Å²) in [6.07, 6.45) is 0.451. The standard InChI is InChI=1S/C15H12ClNO/c1-9-3-2-4-12(16)15(9)10-5-6-13-11(7-10)8-14(18)17-13/h2-7H,8H2,1H3,(H,17,18). The first-order chi connectivity index (χ1) is 8.65. The molecule has 2 aromatic carbocycles. The van der Waals surface area contributed by atoms with Crippen LogP contribution in [0.1, 0.15) is 11.1 Å². The van der Waals surface area contributed by atoms with Crippen molar-refractivity contribution in [3.8, 4) is 11.1 Å². The molecule has 0 saturated heterocycles. The molecule has 0 aliphatic carbocycles. The summed E-state index contributed by atoms with van der Waals surface area (Å²) in [7, 11) is 0. The number of anilines is 1. The van der Waals surface area contributed by atoms with Crippen molar-refractivity contribution < 1.29 is 4.79 Å². The largest absolute Gasteiger partial charge is 0.326 e. The van der Waals surface area contributed by atoms with Crippen LogP contribution in [0.15, 0.2) is 36.4 Å². The molecule has 1 amide bonds. The van der Waals surface area contributed by atoms with E-state index in [-0.39, 0.29) is 5.91 Å². The number of carbonyl (C=O) groups is 1. The van der Waals surface area contributed by atoms with Gasteiger partial charge in [0.2, 0.25) is 5.91 Å². The summed E-state index contributed by atoms with van der Waals surface area (Å²) in [6, 6.07) is 11.9. The van der Waals surface area contributed by atoms with Crippen LogP contribution in [0.5, 0.6) is 0 Å². The third-order valence-electron chi connectivity index (χ3n) is 3.24. The molecular formula is C15H12ClNO. The van der Waals surface area contributed by atoms with E-state index in [1.165, 1.54) is 0 Å². The molecule has 3 heteroatoms. The topological polar surface area (TPSA) is 29.1 Å². The van der Waals surface area contributed by atoms with Crippen molar-refractivity contribution in [2.45, 2.75) is 13.3 Å². The fraction of sp³-hybridized carbons (Fsp3) is 0.133. The van der Waals surface area contributed by atoms with Gasteiger partial charge in [-0.15, -0.1) is 0 Å². The maximum atomic E-state index is 11.3. The molecule has 0 spiro atoms. The van der Waals surface area contributed by atoms with Crippen LogP contribution < -0.4 is 5.32 Å². The average Bonchev–Trinajstić information content (AvgIpc) is 2.68. The molecule has 0 bridgehead atoms. The van der Waals surface area contributed by atoms with Crippen LogP contribution in [0.3, 0.4) is 0 Å². The summed E-state index contributed by atoms with van der Waals surface area (Å²) in [5.74, 6) is 0.0537. The summed E-state index contributed by atoms with van der Waals surface area (Å²) in [6.45, 7) is 2.04. The Hall–Kier alpha value is -1.80. The highest BCUT2D eigenvalue weighted by atomic mass is 35.5. The first kappa shape index (κ1) is 11.3. The average molecular weight is 258 g/mol. The van der Waals surface area contributed by atoms with Gasteiger partial charge in [0.15, 0.2) is 0 Å². The van der Waals surface area contributed by atoms with Crippen molar-refractivity contribution in [2.24, 2.45) is 0 Å². The molecule has 1 N–H and O–H groups in total. The molecule has 1 aliphatic rings. The molecule has 2 aromatic rings. The number of benzene rings is 2. The predicted molar refractivity (Wildman–Crippen MR) is 74.0 cm³/mol. The van der Waals surface area contributed by atoms with Crippen molar-refractivity contribution >= 4 is 23.2 Å². The molecule has 1 heterocycles. The Kier molecular flexibility index (Phi) is 2.60. The van der Waals surface area contributed by atoms with Crippen molar-refractivity contribution in [2.75, 3.05) is 5.32 Å². The van der Waals surface area contributed by atoms with Crippen LogP contribution in [0.25, 0.3) is 11.1 Å². The molecule has 0 atom stereocenters. The zero-order valence-corrected chi connectivity index (χ0v) is 10.7. The van der Waals surface area contributed by atoms with E-state index in [2.05, 4.69) is 5.32 Å². The predicted octanol–water partition coefficient (Wildman–Crippen LogP) is 3.81. The summed E-state index contributed by atoms with van der Waals surface area (Å²) >= 11 is 6.26. The van der Waals surface area contributed by atoms with Gasteiger partial charge in [-0.1, -0.05) is 29.8 Å². The van der Waals surface area contributed by atoms with Crippen LogP contribution in [-0.4, -0.2) is 5.91 Å². The van der Waals surface area contributed by atoms with Gasteiger partial charge >= 0.3 is 0 Å². The molecule has 0 saturated carbocycles. The normalized spacial score (nSPS) is 13.3. The highest BCUT2D eigenvalue weighted by molar-refractivity contribution is 6.33. The zero-order valence-electron chi connectivity index (χ0n) is 9.96. The minimum Gasteiger partial charge on any atom is -0.326 e. The zero-order chi connectivity index (χ0) is 12.7. The van der Waals surface area contributed by atoms with Gasteiger partial charge in [-0.25, -0.2) is 0 Å². The Bertz CT molecular complexity index is 629. The second-order valence-electron chi connectivity index (χ2n) is 4.53. The van der Waals surface area contributed by atoms with Gasteiger partial charge in [0.05, 0.1) is 6.42 Å². The minimum absolute atomic E-state index is 0.0537. The van der Waals surface area contributed by atoms with Gasteiger partial charge in [-0.05, 0) is 41.8 Å². The first-order valence-corrected chi connectivity index (χ1v) is 6.21. The van der Waals surface area contributed by atoms with Gasteiger partial charge < -0.3 is 5.32 Å². The lowest BCUT2D eigenvalue weighted by molar-refractivity contribution is -0.115. The van der Waals surface area contributed by atoms with Crippen molar-refractivity contribution in [3.05, 3.63) is 52.5 Å². The molecule has 3 rings (SSSR count). The molecule has 0 aromatic heterocycles. The Morgan fingerprint density at radius 2 is 2.06 bits per heavy atom. The molecule has 2 nitrogen and oxygen atoms in total. The molecule has 90 valence electrons. The number of halogens is 1. The van der Waals surface area contributed by atoms with E-state index in [1.807, 2.05) is 43.3 Å². The Balaban J connectivity index is 2.14. The summed E-state index contributed by atoms with van der Waals surface area (Å²) < 4.78 is 0. The quantitative estimate of drug-likeness (QED) is 0.827. The first-order valence-electron chi connectivity index (χ1n) is 5.83. The molecule has 1 aliphatic heterocycles. The van der Waals surface area contributed by atoms with E-state index in [1.54, 1.807) is 0 Å². The van der Waals surface area contributed by atoms with Crippen molar-refractivity contribution in [1.82, 2.24) is 0 Å². The highest BCUT2D eigenvalue weighted by Crippen LogP contribution is 2.34. The Morgan fingerprint density at radius 3 is 2.83 bits per heavy atom. The number of carbonyl (C=O) groups excluding carboxylic acids is 1. The smallest absolute Gasteiger partial charge is 0.228 e. The van der Waals surface area contributed by atoms with Crippen molar-refractivity contribution in [1.29, 1.82) is 0 Å². The fourth-order valence-corrected chi connectivity index (χ4v) is 2.71. The number of hydrogen-bond donors (Lipinski definition) is 1. The summed E-state index contributed by atoms with van der Waals surface area (Å²) in [5, 5.41) is 3.58. The molecule has 18 heavy (non-hydrogen) atoms. The van der Waals surface area contributed by atoms with Gasteiger partial charge in [-0.3, -0.25) is 4.79 Å². The minimum atomic E-state index is 0.0537. The van der Waals surface area contributed by atoms with Gasteiger partial charge in [0, 0.05) is 16.3 Å². The lowest BCUT2D eigenvalue weighted by Crippen LogP contribution is -2.03. The molecular weight excluding hydrogens is 246 g/mol. The lowest BCUT2D eigenvalue weighted by atomic mass is 9.98. The highest BCUT2D eigenvalue weighted by Gasteiger charge is 2.18. The lowest BCUT2D eigenvalue weighted by Gasteiger charge is -2.09. The maximum absolute atomic E-state index is 11.3. The van der Waals surface area contributed by atoms with Gasteiger partial charge in [0.1, 0.15) is 0 Å². The third-order valence-corrected chi connectivity index (χ3v) is 3.56. The summed E-state index contributed by atoms with van der Waals surface area (Å²) in [4.78, 5) is 11.3. The van der Waals surface area contributed by atoms with E-state index in [9.17, 15) is 4.79 Å². The summed E-state index contributed by atoms with van der Waals surface area (Å²) in [5.41, 5.74) is 5.19. The van der Waals surface area contributed by atoms with E-state index in [4.69, 9.17) is 11.6 Å². The molecule has 0 unspecified atom stereocenters. The maximum Gasteiger partial charge on any atom is 0.228 e. The van der Waals surface area contributed by atoms with Gasteiger partial charge in [0.25, 0.3) is 0 Å². The van der Waals surface area contributed by atoms with Crippen LogP contribution in [0.4, 0.5) is 5.69 Å². The number of amides is 1. The van der Waals surface area contributed by atoms with Crippen LogP contribution >= 0.6 is 11.6 Å². The Morgan fingerprint density at radius 1 is 1.22 bits per heavy atom. The van der Waals surface area contributed by atoms with Crippen LogP contribution in [-0.2, 0) is 11.2 Å². The monoisotopic (exact) mass is 257 g/mol. The van der Waals surface area contributed by atoms with E-state index in [0.717, 1.165) is 33.0 Å². The van der Waals surface area contributed by atoms with E-state index < -0.39 is 0 Å².